The van der Waals surface area contributed by atoms with E-state index in [1.165, 1.54) is 17.8 Å². The average Bonchev–Trinajstić information content (AvgIpc) is 2.83. The van der Waals surface area contributed by atoms with Crippen LogP contribution in [0.1, 0.15) is 45.9 Å². The molecule has 0 N–H and O–H groups in total. The highest BCUT2D eigenvalue weighted by Gasteiger charge is 2.13. The van der Waals surface area contributed by atoms with Crippen LogP contribution >= 0.6 is 0 Å². The fourth-order valence-electron chi connectivity index (χ4n) is 2.76. The number of para-hydroxylation sites is 2. The first-order chi connectivity index (χ1) is 9.67. The lowest BCUT2D eigenvalue weighted by molar-refractivity contribution is 0.293. The highest BCUT2D eigenvalue weighted by Crippen LogP contribution is 2.22. The molecule has 0 amide bonds. The van der Waals surface area contributed by atoms with Crippen molar-refractivity contribution in [3.63, 3.8) is 0 Å². The Bertz CT molecular complexity index is 538. The van der Waals surface area contributed by atoms with Crippen LogP contribution in [0, 0.1) is 0 Å². The van der Waals surface area contributed by atoms with Gasteiger partial charge in [-0.25, -0.2) is 4.98 Å². The second-order valence-electron chi connectivity index (χ2n) is 5.65. The molecule has 0 aliphatic rings. The summed E-state index contributed by atoms with van der Waals surface area (Å²) in [5.74, 6) is 1.68. The molecule has 0 fully saturated rings. The summed E-state index contributed by atoms with van der Waals surface area (Å²) in [4.78, 5) is 7.28. The van der Waals surface area contributed by atoms with E-state index in [2.05, 4.69) is 61.4 Å². The Balaban J connectivity index is 2.17. The fraction of sp³-hybridized carbons (Fsp3) is 0.588. The smallest absolute Gasteiger partial charge is 0.112 e. The van der Waals surface area contributed by atoms with Gasteiger partial charge in [0.15, 0.2) is 0 Å². The van der Waals surface area contributed by atoms with Gasteiger partial charge in [0, 0.05) is 12.5 Å². The van der Waals surface area contributed by atoms with Crippen LogP contribution in [0.5, 0.6) is 0 Å². The molecule has 2 rings (SSSR count). The summed E-state index contributed by atoms with van der Waals surface area (Å²) in [6, 6.07) is 8.47. The van der Waals surface area contributed by atoms with Crippen LogP contribution in [0.25, 0.3) is 11.0 Å². The first-order valence-corrected chi connectivity index (χ1v) is 7.84. The lowest BCUT2D eigenvalue weighted by Gasteiger charge is -2.19. The zero-order chi connectivity index (χ0) is 14.5. The van der Waals surface area contributed by atoms with Crippen molar-refractivity contribution in [3.05, 3.63) is 30.1 Å². The molecule has 1 heterocycles. The molecule has 2 aromatic rings. The van der Waals surface area contributed by atoms with Crippen molar-refractivity contribution in [1.29, 1.82) is 0 Å². The molecule has 1 aromatic heterocycles. The molecule has 1 aromatic carbocycles. The van der Waals surface area contributed by atoms with Gasteiger partial charge in [0.1, 0.15) is 5.82 Å². The van der Waals surface area contributed by atoms with Crippen LogP contribution in [0.15, 0.2) is 24.3 Å². The largest absolute Gasteiger partial charge is 0.328 e. The number of aryl methyl sites for hydroxylation is 1. The standard InChI is InChI=1S/C17H27N3/c1-5-19(6-2)12-9-13-20-16-11-8-7-10-15(16)18-17(20)14(3)4/h7-8,10-11,14H,5-6,9,12-13H2,1-4H3. The quantitative estimate of drug-likeness (QED) is 0.763. The summed E-state index contributed by atoms with van der Waals surface area (Å²) >= 11 is 0. The van der Waals surface area contributed by atoms with E-state index in [1.54, 1.807) is 0 Å². The number of benzene rings is 1. The first-order valence-electron chi connectivity index (χ1n) is 7.84. The SMILES string of the molecule is CCN(CC)CCCn1c(C(C)C)nc2ccccc21. The minimum Gasteiger partial charge on any atom is -0.328 e. The van der Waals surface area contributed by atoms with Gasteiger partial charge in [0.05, 0.1) is 11.0 Å². The molecule has 0 saturated heterocycles. The molecule has 0 spiro atoms. The van der Waals surface area contributed by atoms with E-state index in [9.17, 15) is 0 Å². The molecule has 0 aliphatic heterocycles. The van der Waals surface area contributed by atoms with Crippen LogP contribution < -0.4 is 0 Å². The third kappa shape index (κ3) is 3.21. The third-order valence-corrected chi connectivity index (χ3v) is 3.95. The molecular formula is C17H27N3. The van der Waals surface area contributed by atoms with Crippen LogP contribution in [0.2, 0.25) is 0 Å². The number of imidazole rings is 1. The van der Waals surface area contributed by atoms with Gasteiger partial charge in [-0.2, -0.15) is 0 Å². The van der Waals surface area contributed by atoms with E-state index >= 15 is 0 Å². The predicted octanol–water partition coefficient (Wildman–Crippen LogP) is 3.89. The van der Waals surface area contributed by atoms with Crippen molar-refractivity contribution >= 4 is 11.0 Å². The molecule has 0 aliphatic carbocycles. The number of rotatable bonds is 7. The van der Waals surface area contributed by atoms with Gasteiger partial charge in [0.2, 0.25) is 0 Å². The monoisotopic (exact) mass is 273 g/mol. The molecule has 0 saturated carbocycles. The summed E-state index contributed by atoms with van der Waals surface area (Å²) in [5.41, 5.74) is 2.40. The summed E-state index contributed by atoms with van der Waals surface area (Å²) in [6.45, 7) is 13.4. The lowest BCUT2D eigenvalue weighted by atomic mass is 10.2. The van der Waals surface area contributed by atoms with Gasteiger partial charge in [-0.1, -0.05) is 39.8 Å². The fourth-order valence-corrected chi connectivity index (χ4v) is 2.76. The topological polar surface area (TPSA) is 21.1 Å². The second kappa shape index (κ2) is 6.89. The highest BCUT2D eigenvalue weighted by molar-refractivity contribution is 5.76. The van der Waals surface area contributed by atoms with Crippen LogP contribution in [0.3, 0.4) is 0 Å². The van der Waals surface area contributed by atoms with E-state index in [0.29, 0.717) is 5.92 Å². The Labute approximate surface area is 122 Å². The minimum absolute atomic E-state index is 0.468. The van der Waals surface area contributed by atoms with Crippen molar-refractivity contribution in [2.45, 2.75) is 46.6 Å². The van der Waals surface area contributed by atoms with Gasteiger partial charge >= 0.3 is 0 Å². The maximum Gasteiger partial charge on any atom is 0.112 e. The molecule has 20 heavy (non-hydrogen) atoms. The van der Waals surface area contributed by atoms with Gasteiger partial charge in [0.25, 0.3) is 0 Å². The molecule has 3 nitrogen and oxygen atoms in total. The Morgan fingerprint density at radius 1 is 1.15 bits per heavy atom. The number of hydrogen-bond donors (Lipinski definition) is 0. The highest BCUT2D eigenvalue weighted by atomic mass is 15.1. The molecule has 110 valence electrons. The van der Waals surface area contributed by atoms with E-state index in [0.717, 1.165) is 31.7 Å². The Kier molecular flexibility index (Phi) is 5.18. The molecule has 0 radical (unpaired) electrons. The average molecular weight is 273 g/mol. The van der Waals surface area contributed by atoms with Gasteiger partial charge < -0.3 is 9.47 Å². The summed E-state index contributed by atoms with van der Waals surface area (Å²) in [6.07, 6.45) is 1.18. The zero-order valence-electron chi connectivity index (χ0n) is 13.3. The second-order valence-corrected chi connectivity index (χ2v) is 5.65. The van der Waals surface area contributed by atoms with Crippen LogP contribution in [-0.2, 0) is 6.54 Å². The van der Waals surface area contributed by atoms with Gasteiger partial charge in [-0.3, -0.25) is 0 Å². The summed E-state index contributed by atoms with van der Waals surface area (Å²) < 4.78 is 2.41. The number of fused-ring (bicyclic) bond motifs is 1. The van der Waals surface area contributed by atoms with Crippen molar-refractivity contribution < 1.29 is 0 Å². The van der Waals surface area contributed by atoms with E-state index < -0.39 is 0 Å². The maximum absolute atomic E-state index is 4.80. The number of hydrogen-bond acceptors (Lipinski definition) is 2. The molecule has 3 heteroatoms. The number of nitrogens with zero attached hydrogens (tertiary/aromatic N) is 3. The Morgan fingerprint density at radius 2 is 1.85 bits per heavy atom. The van der Waals surface area contributed by atoms with Crippen molar-refractivity contribution in [2.24, 2.45) is 0 Å². The van der Waals surface area contributed by atoms with Gasteiger partial charge in [-0.05, 0) is 38.2 Å². The van der Waals surface area contributed by atoms with Crippen LogP contribution in [-0.4, -0.2) is 34.1 Å². The first kappa shape index (κ1) is 15.0. The summed E-state index contributed by atoms with van der Waals surface area (Å²) in [7, 11) is 0. The van der Waals surface area contributed by atoms with Gasteiger partial charge in [-0.15, -0.1) is 0 Å². The van der Waals surface area contributed by atoms with E-state index in [4.69, 9.17) is 4.98 Å². The zero-order valence-corrected chi connectivity index (χ0v) is 13.3. The molecule has 0 bridgehead atoms. The minimum atomic E-state index is 0.468. The lowest BCUT2D eigenvalue weighted by Crippen LogP contribution is -2.25. The summed E-state index contributed by atoms with van der Waals surface area (Å²) in [5, 5.41) is 0. The van der Waals surface area contributed by atoms with Crippen molar-refractivity contribution in [1.82, 2.24) is 14.5 Å². The Hall–Kier alpha value is -1.35. The molecule has 0 atom stereocenters. The van der Waals surface area contributed by atoms with E-state index in [1.807, 2.05) is 0 Å². The van der Waals surface area contributed by atoms with E-state index in [-0.39, 0.29) is 0 Å². The Morgan fingerprint density at radius 3 is 2.50 bits per heavy atom. The van der Waals surface area contributed by atoms with Crippen molar-refractivity contribution in [2.75, 3.05) is 19.6 Å². The number of aromatic nitrogens is 2. The third-order valence-electron chi connectivity index (χ3n) is 3.95. The predicted molar refractivity (Wildman–Crippen MR) is 86.2 cm³/mol. The normalized spacial score (nSPS) is 11.9. The molecular weight excluding hydrogens is 246 g/mol. The van der Waals surface area contributed by atoms with Crippen molar-refractivity contribution in [3.8, 4) is 0 Å². The molecule has 0 unspecified atom stereocenters. The van der Waals surface area contributed by atoms with Crippen LogP contribution in [0.4, 0.5) is 0 Å². The maximum atomic E-state index is 4.80.